The van der Waals surface area contributed by atoms with Crippen molar-refractivity contribution in [3.8, 4) is 5.75 Å². The lowest BCUT2D eigenvalue weighted by Gasteiger charge is -2.40. The van der Waals surface area contributed by atoms with Crippen LogP contribution in [0.1, 0.15) is 58.1 Å². The van der Waals surface area contributed by atoms with Gasteiger partial charge >= 0.3 is 6.36 Å². The number of ether oxygens (including phenoxy) is 1. The number of imidazole rings is 1. The van der Waals surface area contributed by atoms with Crippen LogP contribution in [0.4, 0.5) is 24.8 Å². The number of fused-ring (bicyclic) bond motifs is 1. The molecule has 0 unspecified atom stereocenters. The van der Waals surface area contributed by atoms with Gasteiger partial charge in [0.25, 0.3) is 0 Å². The normalized spacial score (nSPS) is 20.1. The molecule has 188 valence electrons. The molecule has 1 aliphatic carbocycles. The van der Waals surface area contributed by atoms with Gasteiger partial charge in [-0.1, -0.05) is 26.8 Å². The lowest BCUT2D eigenvalue weighted by atomic mass is 9.70. The van der Waals surface area contributed by atoms with Crippen molar-refractivity contribution < 1.29 is 22.7 Å². The number of benzene rings is 2. The molecule has 2 aromatic carbocycles. The minimum atomic E-state index is -4.74. The highest BCUT2D eigenvalue weighted by molar-refractivity contribution is 5.81. The number of rotatable bonds is 7. The zero-order chi connectivity index (χ0) is 25.4. The Labute approximate surface area is 202 Å². The number of anilines is 2. The van der Waals surface area contributed by atoms with Gasteiger partial charge in [0, 0.05) is 18.2 Å². The molecule has 6 nitrogen and oxygen atoms in total. The molecule has 3 N–H and O–H groups in total. The van der Waals surface area contributed by atoms with E-state index in [0.29, 0.717) is 24.0 Å². The molecule has 1 fully saturated rings. The van der Waals surface area contributed by atoms with Gasteiger partial charge in [0.05, 0.1) is 11.0 Å². The summed E-state index contributed by atoms with van der Waals surface area (Å²) in [5, 5.41) is 3.30. The third kappa shape index (κ3) is 6.26. The first-order chi connectivity index (χ1) is 16.4. The second-order valence-electron chi connectivity index (χ2n) is 10.4. The van der Waals surface area contributed by atoms with Crippen LogP contribution in [0.15, 0.2) is 42.5 Å². The number of carbonyl (C=O) groups is 1. The minimum absolute atomic E-state index is 0.175. The fraction of sp³-hybridized carbons (Fsp3) is 0.462. The molecule has 1 amide bonds. The van der Waals surface area contributed by atoms with Crippen LogP contribution in [0.25, 0.3) is 11.0 Å². The van der Waals surface area contributed by atoms with Gasteiger partial charge in [-0.05, 0) is 79.0 Å². The summed E-state index contributed by atoms with van der Waals surface area (Å²) in [6.07, 6.45) is -0.797. The van der Waals surface area contributed by atoms with Gasteiger partial charge in [-0.15, -0.1) is 13.2 Å². The molecule has 1 aromatic heterocycles. The average Bonchev–Trinajstić information content (AvgIpc) is 3.08. The molecule has 3 aromatic rings. The molecule has 0 saturated heterocycles. The molecule has 4 rings (SSSR count). The van der Waals surface area contributed by atoms with E-state index in [1.807, 2.05) is 18.2 Å². The van der Waals surface area contributed by atoms with Crippen LogP contribution in [-0.2, 0) is 11.2 Å². The van der Waals surface area contributed by atoms with Crippen molar-refractivity contribution in [2.45, 2.75) is 65.3 Å². The zero-order valence-corrected chi connectivity index (χ0v) is 20.2. The number of nitrogens with one attached hydrogen (secondary N) is 1. The Hall–Kier alpha value is -3.23. The Morgan fingerprint density at radius 2 is 1.91 bits per heavy atom. The van der Waals surface area contributed by atoms with Gasteiger partial charge in [0.15, 0.2) is 0 Å². The third-order valence-corrected chi connectivity index (χ3v) is 6.49. The number of aromatic nitrogens is 2. The molecule has 35 heavy (non-hydrogen) atoms. The van der Waals surface area contributed by atoms with Crippen molar-refractivity contribution in [2.24, 2.45) is 17.1 Å². The number of halogens is 3. The predicted octanol–water partition coefficient (Wildman–Crippen LogP) is 6.48. The highest BCUT2D eigenvalue weighted by Crippen LogP contribution is 2.46. The summed E-state index contributed by atoms with van der Waals surface area (Å²) < 4.78 is 43.7. The first-order valence-corrected chi connectivity index (χ1v) is 11.8. The number of hydrogen-bond donors (Lipinski definition) is 2. The summed E-state index contributed by atoms with van der Waals surface area (Å²) in [6, 6.07) is 11.8. The van der Waals surface area contributed by atoms with Crippen LogP contribution in [-0.4, -0.2) is 21.8 Å². The van der Waals surface area contributed by atoms with Crippen LogP contribution in [0, 0.1) is 11.3 Å². The minimum Gasteiger partial charge on any atom is -0.406 e. The summed E-state index contributed by atoms with van der Waals surface area (Å²) in [6.45, 7) is 6.83. The van der Waals surface area contributed by atoms with Crippen LogP contribution < -0.4 is 15.8 Å². The van der Waals surface area contributed by atoms with E-state index in [1.165, 1.54) is 24.3 Å². The second-order valence-corrected chi connectivity index (χ2v) is 10.4. The van der Waals surface area contributed by atoms with Gasteiger partial charge in [-0.2, -0.15) is 0 Å². The number of carbonyl (C=O) groups excluding carboxylic acids is 1. The zero-order valence-electron chi connectivity index (χ0n) is 20.2. The van der Waals surface area contributed by atoms with E-state index in [-0.39, 0.29) is 29.5 Å². The van der Waals surface area contributed by atoms with Crippen molar-refractivity contribution in [3.63, 3.8) is 0 Å². The quantitative estimate of drug-likeness (QED) is 0.399. The lowest BCUT2D eigenvalue weighted by Crippen LogP contribution is -2.29. The molecule has 1 aliphatic rings. The summed E-state index contributed by atoms with van der Waals surface area (Å²) >= 11 is 0. The van der Waals surface area contributed by atoms with Gasteiger partial charge < -0.3 is 20.4 Å². The van der Waals surface area contributed by atoms with Crippen LogP contribution in [0.3, 0.4) is 0 Å². The van der Waals surface area contributed by atoms with E-state index in [1.54, 1.807) is 0 Å². The fourth-order valence-electron chi connectivity index (χ4n) is 5.39. The SMILES string of the molecule is C[C@@H]1C[C@H](n2c(Nc3ccc(OC(F)(F)F)cc3)nc3cc(CCC(N)=O)ccc32)CC(C)(C)C1. The van der Waals surface area contributed by atoms with E-state index in [9.17, 15) is 18.0 Å². The Bertz CT molecular complexity index is 1200. The smallest absolute Gasteiger partial charge is 0.406 e. The van der Waals surface area contributed by atoms with Gasteiger partial charge in [0.2, 0.25) is 11.9 Å². The molecular weight excluding hydrogens is 457 g/mol. The Morgan fingerprint density at radius 3 is 2.54 bits per heavy atom. The molecule has 0 bridgehead atoms. The highest BCUT2D eigenvalue weighted by atomic mass is 19.4. The van der Waals surface area contributed by atoms with Crippen LogP contribution >= 0.6 is 0 Å². The van der Waals surface area contributed by atoms with Crippen LogP contribution in [0.2, 0.25) is 0 Å². The number of nitrogens with zero attached hydrogens (tertiary/aromatic N) is 2. The Morgan fingerprint density at radius 1 is 1.20 bits per heavy atom. The molecule has 0 spiro atoms. The van der Waals surface area contributed by atoms with Crippen LogP contribution in [0.5, 0.6) is 5.75 Å². The van der Waals surface area contributed by atoms with Gasteiger partial charge in [-0.3, -0.25) is 4.79 Å². The molecular formula is C26H31F3N4O2. The number of alkyl halides is 3. The fourth-order valence-corrected chi connectivity index (χ4v) is 5.39. The highest BCUT2D eigenvalue weighted by Gasteiger charge is 2.35. The van der Waals surface area contributed by atoms with Crippen molar-refractivity contribution in [3.05, 3.63) is 48.0 Å². The van der Waals surface area contributed by atoms with Gasteiger partial charge in [-0.25, -0.2) is 4.98 Å². The molecule has 0 aliphatic heterocycles. The largest absolute Gasteiger partial charge is 0.573 e. The summed E-state index contributed by atoms with van der Waals surface area (Å²) in [5.41, 5.74) is 8.83. The number of hydrogen-bond acceptors (Lipinski definition) is 4. The molecule has 0 radical (unpaired) electrons. The van der Waals surface area contributed by atoms with Crippen molar-refractivity contribution in [2.75, 3.05) is 5.32 Å². The number of primary amides is 1. The van der Waals surface area contributed by atoms with E-state index < -0.39 is 6.36 Å². The summed E-state index contributed by atoms with van der Waals surface area (Å²) in [4.78, 5) is 16.1. The molecule has 1 saturated carbocycles. The Kier molecular flexibility index (Phi) is 6.71. The number of amides is 1. The summed E-state index contributed by atoms with van der Waals surface area (Å²) in [7, 11) is 0. The average molecular weight is 489 g/mol. The van der Waals surface area contributed by atoms with Crippen molar-refractivity contribution >= 4 is 28.6 Å². The lowest BCUT2D eigenvalue weighted by molar-refractivity contribution is -0.274. The Balaban J connectivity index is 1.70. The molecule has 1 heterocycles. The molecule has 2 atom stereocenters. The van der Waals surface area contributed by atoms with Gasteiger partial charge in [0.1, 0.15) is 5.75 Å². The van der Waals surface area contributed by atoms with E-state index in [2.05, 4.69) is 35.4 Å². The maximum absolute atomic E-state index is 12.5. The number of aryl methyl sites for hydroxylation is 1. The first kappa shape index (κ1) is 24.9. The van der Waals surface area contributed by atoms with Crippen molar-refractivity contribution in [1.82, 2.24) is 9.55 Å². The first-order valence-electron chi connectivity index (χ1n) is 11.8. The maximum atomic E-state index is 12.5. The topological polar surface area (TPSA) is 82.2 Å². The third-order valence-electron chi connectivity index (χ3n) is 6.49. The predicted molar refractivity (Wildman–Crippen MR) is 129 cm³/mol. The summed E-state index contributed by atoms with van der Waals surface area (Å²) in [5.74, 6) is 0.544. The van der Waals surface area contributed by atoms with E-state index >= 15 is 0 Å². The number of nitrogens with two attached hydrogens (primary N) is 1. The van der Waals surface area contributed by atoms with Crippen molar-refractivity contribution in [1.29, 1.82) is 0 Å². The molecule has 9 heteroatoms. The second kappa shape index (κ2) is 9.43. The monoisotopic (exact) mass is 488 g/mol. The van der Waals surface area contributed by atoms with E-state index in [0.717, 1.165) is 35.9 Å². The van der Waals surface area contributed by atoms with E-state index in [4.69, 9.17) is 10.7 Å². The maximum Gasteiger partial charge on any atom is 0.573 e. The standard InChI is InChI=1S/C26H31F3N4O2/c1-16-12-19(15-25(2,3)14-16)33-22-10-4-17(5-11-23(30)34)13-21(22)32-24(33)31-18-6-8-20(9-7-18)35-26(27,28)29/h4,6-10,13,16,19H,5,11-12,14-15H2,1-3H3,(H2,30,34)(H,31,32)/t16-,19+/m1/s1.